The van der Waals surface area contributed by atoms with Crippen molar-refractivity contribution in [2.24, 2.45) is 0 Å². The Morgan fingerprint density at radius 1 is 0.656 bits per heavy atom. The van der Waals surface area contributed by atoms with Crippen LogP contribution in [0.3, 0.4) is 0 Å². The van der Waals surface area contributed by atoms with Gasteiger partial charge in [-0.3, -0.25) is 13.8 Å². The van der Waals surface area contributed by atoms with E-state index in [1.165, 1.54) is 56.7 Å². The summed E-state index contributed by atoms with van der Waals surface area (Å²) in [5.74, 6) is -0.807. The van der Waals surface area contributed by atoms with Gasteiger partial charge in [0.05, 0.1) is 12.2 Å². The van der Waals surface area contributed by atoms with Crippen molar-refractivity contribution in [1.82, 2.24) is 0 Å². The molecule has 0 amide bonds. The number of unbranched alkanes of at least 4 members (excludes halogenated alkanes) is 9. The van der Waals surface area contributed by atoms with Gasteiger partial charge in [0, 0.05) is 16.7 Å². The Balaban J connectivity index is 1.55. The standard InChI is InChI=1S/C26H32O5S/c1-2-3-4-5-6-7-8-9-10-13-19-31-32(29,30)23-18-14-17-22-24(23)26(28)21-16-12-11-15-20(21)25(22)27/h11-12,14-18H,2-10,13,19H2,1H3. The van der Waals surface area contributed by atoms with E-state index in [9.17, 15) is 18.0 Å². The first-order valence-corrected chi connectivity index (χ1v) is 13.1. The number of carbonyl (C=O) groups is 2. The monoisotopic (exact) mass is 456 g/mol. The van der Waals surface area contributed by atoms with Crippen molar-refractivity contribution in [1.29, 1.82) is 0 Å². The summed E-state index contributed by atoms with van der Waals surface area (Å²) in [5, 5.41) is 0. The fourth-order valence-corrected chi connectivity index (χ4v) is 5.31. The second kappa shape index (κ2) is 11.5. The van der Waals surface area contributed by atoms with Gasteiger partial charge in [0.15, 0.2) is 11.6 Å². The Bertz CT molecular complexity index is 1060. The fourth-order valence-electron chi connectivity index (χ4n) is 4.14. The summed E-state index contributed by atoms with van der Waals surface area (Å²) >= 11 is 0. The average molecular weight is 457 g/mol. The van der Waals surface area contributed by atoms with Gasteiger partial charge in [0.25, 0.3) is 10.1 Å². The number of hydrogen-bond acceptors (Lipinski definition) is 5. The van der Waals surface area contributed by atoms with Gasteiger partial charge >= 0.3 is 0 Å². The molecule has 3 rings (SSSR count). The van der Waals surface area contributed by atoms with Crippen LogP contribution in [0.15, 0.2) is 47.4 Å². The van der Waals surface area contributed by atoms with Crippen LogP contribution in [0, 0.1) is 0 Å². The first-order chi connectivity index (χ1) is 15.5. The molecule has 0 atom stereocenters. The van der Waals surface area contributed by atoms with E-state index in [0.29, 0.717) is 12.0 Å². The molecule has 2 aromatic rings. The molecule has 1 aliphatic rings. The smallest absolute Gasteiger partial charge is 0.289 e. The van der Waals surface area contributed by atoms with E-state index in [1.54, 1.807) is 24.3 Å². The summed E-state index contributed by atoms with van der Waals surface area (Å²) in [5.41, 5.74) is 0.546. The molecule has 0 bridgehead atoms. The highest BCUT2D eigenvalue weighted by molar-refractivity contribution is 7.86. The molecular weight excluding hydrogens is 424 g/mol. The molecule has 0 N–H and O–H groups in total. The van der Waals surface area contributed by atoms with E-state index in [2.05, 4.69) is 6.92 Å². The summed E-state index contributed by atoms with van der Waals surface area (Å²) < 4.78 is 30.9. The highest BCUT2D eigenvalue weighted by atomic mass is 32.2. The second-order valence-corrected chi connectivity index (χ2v) is 9.92. The maximum Gasteiger partial charge on any atom is 0.297 e. The zero-order valence-electron chi connectivity index (χ0n) is 18.8. The molecule has 2 aromatic carbocycles. The molecule has 1 aliphatic carbocycles. The van der Waals surface area contributed by atoms with Gasteiger partial charge in [-0.2, -0.15) is 8.42 Å². The first kappa shape index (κ1) is 24.3. The van der Waals surface area contributed by atoms with E-state index >= 15 is 0 Å². The van der Waals surface area contributed by atoms with Crippen molar-refractivity contribution in [3.05, 3.63) is 64.7 Å². The summed E-state index contributed by atoms with van der Waals surface area (Å²) in [6.07, 6.45) is 11.4. The van der Waals surface area contributed by atoms with Crippen LogP contribution in [0.1, 0.15) is 103 Å². The molecule has 6 heteroatoms. The number of rotatable bonds is 13. The fraction of sp³-hybridized carbons (Fsp3) is 0.462. The van der Waals surface area contributed by atoms with Crippen LogP contribution in [-0.2, 0) is 14.3 Å². The highest BCUT2D eigenvalue weighted by Crippen LogP contribution is 2.32. The lowest BCUT2D eigenvalue weighted by Gasteiger charge is -2.19. The van der Waals surface area contributed by atoms with Crippen LogP contribution in [0.5, 0.6) is 0 Å². The Morgan fingerprint density at radius 3 is 1.81 bits per heavy atom. The van der Waals surface area contributed by atoms with Crippen molar-refractivity contribution in [3.8, 4) is 0 Å². The van der Waals surface area contributed by atoms with Gasteiger partial charge in [-0.05, 0) is 12.5 Å². The topological polar surface area (TPSA) is 77.5 Å². The molecule has 0 saturated heterocycles. The average Bonchev–Trinajstić information content (AvgIpc) is 2.80. The molecule has 0 unspecified atom stereocenters. The Kier molecular flexibility index (Phi) is 8.76. The molecule has 0 heterocycles. The third-order valence-corrected chi connectivity index (χ3v) is 7.28. The van der Waals surface area contributed by atoms with Gasteiger partial charge in [0.2, 0.25) is 0 Å². The SMILES string of the molecule is CCCCCCCCCCCCOS(=O)(=O)c1cccc2c1C(=O)c1ccccc1C2=O. The molecule has 0 fully saturated rings. The van der Waals surface area contributed by atoms with Gasteiger partial charge < -0.3 is 0 Å². The lowest BCUT2D eigenvalue weighted by atomic mass is 9.84. The molecule has 0 aromatic heterocycles. The molecule has 0 saturated carbocycles. The third-order valence-electron chi connectivity index (χ3n) is 5.92. The maximum atomic E-state index is 13.0. The van der Waals surface area contributed by atoms with E-state index < -0.39 is 15.9 Å². The van der Waals surface area contributed by atoms with Crippen molar-refractivity contribution in [3.63, 3.8) is 0 Å². The zero-order chi connectivity index (χ0) is 23.0. The summed E-state index contributed by atoms with van der Waals surface area (Å²) in [4.78, 5) is 25.6. The molecule has 32 heavy (non-hydrogen) atoms. The van der Waals surface area contributed by atoms with Crippen LogP contribution in [0.25, 0.3) is 0 Å². The number of benzene rings is 2. The zero-order valence-corrected chi connectivity index (χ0v) is 19.6. The number of fused-ring (bicyclic) bond motifs is 2. The molecule has 5 nitrogen and oxygen atoms in total. The second-order valence-electron chi connectivity index (χ2n) is 8.34. The predicted octanol–water partition coefficient (Wildman–Crippen LogP) is 6.09. The van der Waals surface area contributed by atoms with Crippen LogP contribution in [0.4, 0.5) is 0 Å². The van der Waals surface area contributed by atoms with Gasteiger partial charge in [-0.15, -0.1) is 0 Å². The molecular formula is C26H32O5S. The van der Waals surface area contributed by atoms with E-state index in [1.807, 2.05) is 0 Å². The Hall–Kier alpha value is -2.31. The first-order valence-electron chi connectivity index (χ1n) is 11.7. The largest absolute Gasteiger partial charge is 0.297 e. The molecule has 0 radical (unpaired) electrons. The maximum absolute atomic E-state index is 13.0. The van der Waals surface area contributed by atoms with Gasteiger partial charge in [0.1, 0.15) is 4.90 Å². The summed E-state index contributed by atoms with van der Waals surface area (Å²) in [6.45, 7) is 2.28. The van der Waals surface area contributed by atoms with Gasteiger partial charge in [-0.25, -0.2) is 0 Å². The van der Waals surface area contributed by atoms with Crippen molar-refractivity contribution < 1.29 is 22.2 Å². The molecule has 172 valence electrons. The van der Waals surface area contributed by atoms with Crippen LogP contribution < -0.4 is 0 Å². The van der Waals surface area contributed by atoms with Crippen molar-refractivity contribution in [2.75, 3.05) is 6.61 Å². The Labute approximate surface area is 191 Å². The predicted molar refractivity (Wildman–Crippen MR) is 125 cm³/mol. The number of hydrogen-bond donors (Lipinski definition) is 0. The molecule has 0 spiro atoms. The van der Waals surface area contributed by atoms with E-state index in [0.717, 1.165) is 19.3 Å². The minimum absolute atomic E-state index is 0.0707. The quantitative estimate of drug-likeness (QED) is 0.230. The number of carbonyl (C=O) groups excluding carboxylic acids is 2. The van der Waals surface area contributed by atoms with E-state index in [4.69, 9.17) is 4.18 Å². The minimum Gasteiger partial charge on any atom is -0.289 e. The summed E-state index contributed by atoms with van der Waals surface area (Å²) in [6, 6.07) is 10.8. The molecule has 0 aliphatic heterocycles. The third kappa shape index (κ3) is 5.73. The Morgan fingerprint density at radius 2 is 1.19 bits per heavy atom. The minimum atomic E-state index is -4.14. The van der Waals surface area contributed by atoms with Crippen LogP contribution in [0.2, 0.25) is 0 Å². The van der Waals surface area contributed by atoms with E-state index in [-0.39, 0.29) is 34.0 Å². The van der Waals surface area contributed by atoms with Gasteiger partial charge in [-0.1, -0.05) is 101 Å². The van der Waals surface area contributed by atoms with Crippen molar-refractivity contribution >= 4 is 21.7 Å². The normalized spacial score (nSPS) is 13.2. The van der Waals surface area contributed by atoms with Crippen molar-refractivity contribution in [2.45, 2.75) is 76.0 Å². The highest BCUT2D eigenvalue weighted by Gasteiger charge is 2.34. The lowest BCUT2D eigenvalue weighted by Crippen LogP contribution is -2.24. The van der Waals surface area contributed by atoms with Crippen LogP contribution >= 0.6 is 0 Å². The van der Waals surface area contributed by atoms with Crippen LogP contribution in [-0.4, -0.2) is 26.6 Å². The number of ketones is 2. The summed E-state index contributed by atoms with van der Waals surface area (Å²) in [7, 11) is -4.14. The lowest BCUT2D eigenvalue weighted by molar-refractivity contribution is 0.0976.